The number of nitro benzene ring substituents is 1. The third-order valence-corrected chi connectivity index (χ3v) is 7.01. The zero-order valence-electron chi connectivity index (χ0n) is 15.1. The van der Waals surface area contributed by atoms with Crippen molar-refractivity contribution in [2.75, 3.05) is 31.1 Å². The Bertz CT molecular complexity index is 1180. The van der Waals surface area contributed by atoms with Crippen LogP contribution in [0.2, 0.25) is 5.02 Å². The van der Waals surface area contributed by atoms with Gasteiger partial charge in [-0.05, 0) is 18.2 Å². The fourth-order valence-corrected chi connectivity index (χ4v) is 5.00. The minimum atomic E-state index is -3.57. The average molecular weight is 434 g/mol. The molecule has 29 heavy (non-hydrogen) atoms. The number of anilines is 1. The van der Waals surface area contributed by atoms with Gasteiger partial charge in [-0.25, -0.2) is 18.4 Å². The van der Waals surface area contributed by atoms with E-state index in [0.717, 1.165) is 0 Å². The third-order valence-electron chi connectivity index (χ3n) is 4.80. The molecule has 0 aliphatic carbocycles. The fourth-order valence-electron chi connectivity index (χ4n) is 3.33. The van der Waals surface area contributed by atoms with Crippen molar-refractivity contribution >= 4 is 44.0 Å². The number of hydrogen-bond acceptors (Lipinski definition) is 7. The van der Waals surface area contributed by atoms with Gasteiger partial charge in [0.1, 0.15) is 17.2 Å². The standard InChI is InChI=1S/C18H16ClN5O4S/c19-15-11-16-14(10-17(15)24(25)26)18(21-12-20-16)22-6-8-23(9-7-22)29(27,28)13-4-2-1-3-5-13/h1-5,10-12H,6-9H2. The van der Waals surface area contributed by atoms with Gasteiger partial charge in [0.25, 0.3) is 5.69 Å². The summed E-state index contributed by atoms with van der Waals surface area (Å²) in [6.07, 6.45) is 1.37. The van der Waals surface area contributed by atoms with Crippen molar-refractivity contribution in [2.24, 2.45) is 0 Å². The van der Waals surface area contributed by atoms with Gasteiger partial charge in [-0.15, -0.1) is 0 Å². The van der Waals surface area contributed by atoms with Crippen LogP contribution in [0.25, 0.3) is 10.9 Å². The number of hydrogen-bond donors (Lipinski definition) is 0. The van der Waals surface area contributed by atoms with E-state index >= 15 is 0 Å². The minimum absolute atomic E-state index is 0.00548. The first-order valence-electron chi connectivity index (χ1n) is 8.77. The second kappa shape index (κ2) is 7.54. The number of aromatic nitrogens is 2. The van der Waals surface area contributed by atoms with Crippen molar-refractivity contribution in [3.8, 4) is 0 Å². The van der Waals surface area contributed by atoms with E-state index < -0.39 is 14.9 Å². The number of fused-ring (bicyclic) bond motifs is 1. The van der Waals surface area contributed by atoms with Gasteiger partial charge in [-0.3, -0.25) is 10.1 Å². The first kappa shape index (κ1) is 19.5. The normalized spacial score (nSPS) is 15.6. The fraction of sp³-hybridized carbons (Fsp3) is 0.222. The highest BCUT2D eigenvalue weighted by Crippen LogP contribution is 2.33. The molecule has 0 amide bonds. The second-order valence-electron chi connectivity index (χ2n) is 6.48. The highest BCUT2D eigenvalue weighted by atomic mass is 35.5. The predicted octanol–water partition coefficient (Wildman–Crippen LogP) is 2.70. The molecule has 2 heterocycles. The summed E-state index contributed by atoms with van der Waals surface area (Å²) >= 11 is 5.97. The van der Waals surface area contributed by atoms with Crippen molar-refractivity contribution in [3.63, 3.8) is 0 Å². The Morgan fingerprint density at radius 1 is 1.03 bits per heavy atom. The maximum Gasteiger partial charge on any atom is 0.288 e. The Kier molecular flexibility index (Phi) is 5.07. The zero-order valence-corrected chi connectivity index (χ0v) is 16.7. The van der Waals surface area contributed by atoms with E-state index in [1.54, 1.807) is 30.3 Å². The molecule has 3 aromatic rings. The molecular formula is C18H16ClN5O4S. The number of benzene rings is 2. The van der Waals surface area contributed by atoms with Crippen molar-refractivity contribution in [3.05, 3.63) is 63.9 Å². The smallest absolute Gasteiger partial charge is 0.288 e. The van der Waals surface area contributed by atoms with Gasteiger partial charge in [0.05, 0.1) is 15.3 Å². The molecule has 2 aromatic carbocycles. The third kappa shape index (κ3) is 3.61. The van der Waals surface area contributed by atoms with Crippen LogP contribution in [0.1, 0.15) is 0 Å². The zero-order chi connectivity index (χ0) is 20.6. The molecule has 1 aliphatic rings. The van der Waals surface area contributed by atoms with E-state index in [1.807, 2.05) is 4.90 Å². The summed E-state index contributed by atoms with van der Waals surface area (Å²) in [5.41, 5.74) is 0.269. The Morgan fingerprint density at radius 3 is 2.38 bits per heavy atom. The van der Waals surface area contributed by atoms with E-state index in [2.05, 4.69) is 9.97 Å². The van der Waals surface area contributed by atoms with Crippen LogP contribution < -0.4 is 4.90 Å². The second-order valence-corrected chi connectivity index (χ2v) is 8.82. The van der Waals surface area contributed by atoms with E-state index in [1.165, 1.54) is 22.8 Å². The molecular weight excluding hydrogens is 418 g/mol. The SMILES string of the molecule is O=[N+]([O-])c1cc2c(N3CCN(S(=O)(=O)c4ccccc4)CC3)ncnc2cc1Cl. The molecule has 9 nitrogen and oxygen atoms in total. The van der Waals surface area contributed by atoms with Crippen LogP contribution in [0.3, 0.4) is 0 Å². The number of nitrogens with zero attached hydrogens (tertiary/aromatic N) is 5. The quantitative estimate of drug-likeness (QED) is 0.459. The maximum atomic E-state index is 12.8. The Morgan fingerprint density at radius 2 is 1.72 bits per heavy atom. The van der Waals surface area contributed by atoms with Crippen molar-refractivity contribution in [2.45, 2.75) is 4.90 Å². The summed E-state index contributed by atoms with van der Waals surface area (Å²) in [6, 6.07) is 11.1. The molecule has 4 rings (SSSR count). The van der Waals surface area contributed by atoms with Crippen molar-refractivity contribution < 1.29 is 13.3 Å². The molecule has 0 saturated carbocycles. The molecule has 0 radical (unpaired) electrons. The number of nitro groups is 1. The van der Waals surface area contributed by atoms with Gasteiger partial charge in [0, 0.05) is 37.6 Å². The predicted molar refractivity (Wildman–Crippen MR) is 109 cm³/mol. The summed E-state index contributed by atoms with van der Waals surface area (Å²) in [4.78, 5) is 21.3. The molecule has 0 N–H and O–H groups in total. The van der Waals surface area contributed by atoms with Crippen LogP contribution in [-0.2, 0) is 10.0 Å². The molecule has 1 fully saturated rings. The lowest BCUT2D eigenvalue weighted by Gasteiger charge is -2.35. The molecule has 1 aliphatic heterocycles. The maximum absolute atomic E-state index is 12.8. The topological polar surface area (TPSA) is 110 Å². The van der Waals surface area contributed by atoms with Gasteiger partial charge in [0.2, 0.25) is 10.0 Å². The number of halogens is 1. The summed E-state index contributed by atoms with van der Waals surface area (Å²) < 4.78 is 27.0. The lowest BCUT2D eigenvalue weighted by atomic mass is 10.2. The number of rotatable bonds is 4. The summed E-state index contributed by atoms with van der Waals surface area (Å²) in [5.74, 6) is 0.520. The molecule has 0 spiro atoms. The lowest BCUT2D eigenvalue weighted by molar-refractivity contribution is -0.384. The summed E-state index contributed by atoms with van der Waals surface area (Å²) in [5, 5.41) is 11.7. The van der Waals surface area contributed by atoms with Gasteiger partial charge in [0.15, 0.2) is 0 Å². The van der Waals surface area contributed by atoms with Crippen LogP contribution in [0.5, 0.6) is 0 Å². The molecule has 0 unspecified atom stereocenters. The van der Waals surface area contributed by atoms with Crippen LogP contribution in [0, 0.1) is 10.1 Å². The van der Waals surface area contributed by atoms with E-state index in [9.17, 15) is 18.5 Å². The van der Waals surface area contributed by atoms with Gasteiger partial charge in [-0.1, -0.05) is 29.8 Å². The monoisotopic (exact) mass is 433 g/mol. The van der Waals surface area contributed by atoms with Crippen LogP contribution in [0.4, 0.5) is 11.5 Å². The van der Waals surface area contributed by atoms with Crippen molar-refractivity contribution in [1.82, 2.24) is 14.3 Å². The van der Waals surface area contributed by atoms with Gasteiger partial charge >= 0.3 is 0 Å². The van der Waals surface area contributed by atoms with Crippen LogP contribution >= 0.6 is 11.6 Å². The molecule has 1 aromatic heterocycles. The molecule has 1 saturated heterocycles. The molecule has 0 atom stereocenters. The lowest BCUT2D eigenvalue weighted by Crippen LogP contribution is -2.49. The van der Waals surface area contributed by atoms with E-state index in [0.29, 0.717) is 29.8 Å². The molecule has 0 bridgehead atoms. The summed E-state index contributed by atoms with van der Waals surface area (Å²) in [6.45, 7) is 1.35. The highest BCUT2D eigenvalue weighted by molar-refractivity contribution is 7.89. The van der Waals surface area contributed by atoms with Gasteiger partial charge in [-0.2, -0.15) is 4.31 Å². The average Bonchev–Trinajstić information content (AvgIpc) is 2.73. The van der Waals surface area contributed by atoms with Crippen LogP contribution in [-0.4, -0.2) is 53.8 Å². The Balaban J connectivity index is 1.61. The van der Waals surface area contributed by atoms with Crippen LogP contribution in [0.15, 0.2) is 53.7 Å². The Hall–Kier alpha value is -2.82. The minimum Gasteiger partial charge on any atom is -0.353 e. The largest absolute Gasteiger partial charge is 0.353 e. The first-order chi connectivity index (χ1) is 13.9. The molecule has 11 heteroatoms. The Labute approximate surface area is 171 Å². The highest BCUT2D eigenvalue weighted by Gasteiger charge is 2.29. The number of sulfonamides is 1. The van der Waals surface area contributed by atoms with E-state index in [4.69, 9.17) is 11.6 Å². The van der Waals surface area contributed by atoms with Gasteiger partial charge < -0.3 is 4.90 Å². The summed E-state index contributed by atoms with van der Waals surface area (Å²) in [7, 11) is -3.57. The van der Waals surface area contributed by atoms with Crippen molar-refractivity contribution in [1.29, 1.82) is 0 Å². The van der Waals surface area contributed by atoms with E-state index in [-0.39, 0.29) is 28.7 Å². The molecule has 150 valence electrons. The number of piperazine rings is 1. The first-order valence-corrected chi connectivity index (χ1v) is 10.6.